The van der Waals surface area contributed by atoms with Crippen molar-refractivity contribution in [2.45, 2.75) is 6.92 Å². The van der Waals surface area contributed by atoms with Crippen LogP contribution < -0.4 is 15.2 Å². The third-order valence-electron chi connectivity index (χ3n) is 4.58. The molecule has 1 heterocycles. The van der Waals surface area contributed by atoms with Crippen molar-refractivity contribution in [3.8, 4) is 39.8 Å². The summed E-state index contributed by atoms with van der Waals surface area (Å²) >= 11 is 0. The van der Waals surface area contributed by atoms with Gasteiger partial charge in [0.15, 0.2) is 0 Å². The number of hydrogen-bond donors (Lipinski definition) is 2. The Bertz CT molecular complexity index is 1080. The van der Waals surface area contributed by atoms with Crippen molar-refractivity contribution < 1.29 is 24.1 Å². The van der Waals surface area contributed by atoms with E-state index in [1.54, 1.807) is 57.5 Å². The molecular formula is C23H26N2O6. The number of H-pyrrole nitrogens is 1. The fourth-order valence-corrected chi connectivity index (χ4v) is 2.98. The standard InChI is InChI=1S/C23H26N2O6/c1-15-12-16(4-7-21(15)26)19-14-20(25-23(27)24-19)18-6-5-17(30-10-8-28-2)13-22(18)31-11-9-29-3/h4-7,12-14,26H,8-11H2,1-3H3,(H,24,25,27). The van der Waals surface area contributed by atoms with Crippen molar-refractivity contribution in [3.63, 3.8) is 0 Å². The highest BCUT2D eigenvalue weighted by molar-refractivity contribution is 5.73. The molecule has 0 aliphatic heterocycles. The van der Waals surface area contributed by atoms with Gasteiger partial charge in [-0.3, -0.25) is 0 Å². The molecule has 0 fully saturated rings. The lowest BCUT2D eigenvalue weighted by Gasteiger charge is -2.14. The van der Waals surface area contributed by atoms with Crippen molar-refractivity contribution >= 4 is 0 Å². The smallest absolute Gasteiger partial charge is 0.345 e. The zero-order valence-electron chi connectivity index (χ0n) is 17.8. The lowest BCUT2D eigenvalue weighted by molar-refractivity contribution is 0.142. The Labute approximate surface area is 180 Å². The quantitative estimate of drug-likeness (QED) is 0.480. The molecule has 2 N–H and O–H groups in total. The Morgan fingerprint density at radius 1 is 0.935 bits per heavy atom. The second-order valence-corrected chi connectivity index (χ2v) is 6.83. The third kappa shape index (κ3) is 5.84. The third-order valence-corrected chi connectivity index (χ3v) is 4.58. The highest BCUT2D eigenvalue weighted by Crippen LogP contribution is 2.34. The Morgan fingerprint density at radius 3 is 2.39 bits per heavy atom. The van der Waals surface area contributed by atoms with Crippen LogP contribution in [0.4, 0.5) is 0 Å². The predicted molar refractivity (Wildman–Crippen MR) is 117 cm³/mol. The summed E-state index contributed by atoms with van der Waals surface area (Å²) in [6, 6.07) is 12.2. The van der Waals surface area contributed by atoms with Gasteiger partial charge in [-0.15, -0.1) is 0 Å². The molecular weight excluding hydrogens is 400 g/mol. The number of aromatic amines is 1. The molecule has 0 saturated carbocycles. The number of phenols is 1. The van der Waals surface area contributed by atoms with Crippen molar-refractivity contribution in [2.75, 3.05) is 40.6 Å². The van der Waals surface area contributed by atoms with Gasteiger partial charge in [0.05, 0.1) is 24.6 Å². The van der Waals surface area contributed by atoms with E-state index in [1.807, 2.05) is 6.07 Å². The summed E-state index contributed by atoms with van der Waals surface area (Å²) in [6.07, 6.45) is 0. The summed E-state index contributed by atoms with van der Waals surface area (Å²) < 4.78 is 21.7. The maximum atomic E-state index is 12.3. The second kappa shape index (κ2) is 10.6. The van der Waals surface area contributed by atoms with Crippen molar-refractivity contribution in [1.29, 1.82) is 0 Å². The van der Waals surface area contributed by atoms with Gasteiger partial charge in [-0.2, -0.15) is 4.98 Å². The van der Waals surface area contributed by atoms with E-state index in [-0.39, 0.29) is 5.75 Å². The Kier molecular flexibility index (Phi) is 7.64. The number of aromatic hydroxyl groups is 1. The largest absolute Gasteiger partial charge is 0.508 e. The number of rotatable bonds is 10. The fourth-order valence-electron chi connectivity index (χ4n) is 2.98. The van der Waals surface area contributed by atoms with Gasteiger partial charge in [0.25, 0.3) is 0 Å². The molecule has 164 valence electrons. The minimum absolute atomic E-state index is 0.187. The van der Waals surface area contributed by atoms with Crippen LogP contribution in [0.2, 0.25) is 0 Å². The molecule has 0 bridgehead atoms. The van der Waals surface area contributed by atoms with Crippen LogP contribution in [0.1, 0.15) is 5.56 Å². The molecule has 1 aromatic heterocycles. The Balaban J connectivity index is 2.00. The van der Waals surface area contributed by atoms with Crippen LogP contribution >= 0.6 is 0 Å². The molecule has 8 heteroatoms. The topological polar surface area (TPSA) is 103 Å². The number of hydrogen-bond acceptors (Lipinski definition) is 7. The van der Waals surface area contributed by atoms with Gasteiger partial charge in [0.1, 0.15) is 30.5 Å². The summed E-state index contributed by atoms with van der Waals surface area (Å²) in [6.45, 7) is 3.42. The van der Waals surface area contributed by atoms with E-state index in [4.69, 9.17) is 18.9 Å². The van der Waals surface area contributed by atoms with Gasteiger partial charge >= 0.3 is 5.69 Å². The van der Waals surface area contributed by atoms with Crippen molar-refractivity contribution in [1.82, 2.24) is 9.97 Å². The van der Waals surface area contributed by atoms with E-state index >= 15 is 0 Å². The molecule has 8 nitrogen and oxygen atoms in total. The summed E-state index contributed by atoms with van der Waals surface area (Å²) in [5, 5.41) is 9.79. The maximum absolute atomic E-state index is 12.3. The van der Waals surface area contributed by atoms with Gasteiger partial charge in [0, 0.05) is 31.4 Å². The average molecular weight is 426 g/mol. The van der Waals surface area contributed by atoms with E-state index in [2.05, 4.69) is 9.97 Å². The number of methoxy groups -OCH3 is 2. The molecule has 0 spiro atoms. The maximum Gasteiger partial charge on any atom is 0.345 e. The lowest BCUT2D eigenvalue weighted by atomic mass is 10.0. The summed E-state index contributed by atoms with van der Waals surface area (Å²) in [4.78, 5) is 19.2. The first-order valence-corrected chi connectivity index (χ1v) is 9.81. The predicted octanol–water partition coefficient (Wildman–Crippen LogP) is 3.17. The van der Waals surface area contributed by atoms with E-state index in [0.717, 1.165) is 5.56 Å². The fraction of sp³-hybridized carbons (Fsp3) is 0.304. The lowest BCUT2D eigenvalue weighted by Crippen LogP contribution is -2.13. The number of aryl methyl sites for hydroxylation is 1. The van der Waals surface area contributed by atoms with Crippen molar-refractivity contribution in [2.24, 2.45) is 0 Å². The normalized spacial score (nSPS) is 10.8. The number of benzene rings is 2. The van der Waals surface area contributed by atoms with Gasteiger partial charge in [-0.1, -0.05) is 0 Å². The van der Waals surface area contributed by atoms with E-state index in [0.29, 0.717) is 60.4 Å². The van der Waals surface area contributed by atoms with Crippen LogP contribution in [0.3, 0.4) is 0 Å². The molecule has 0 saturated heterocycles. The minimum Gasteiger partial charge on any atom is -0.508 e. The molecule has 0 radical (unpaired) electrons. The average Bonchev–Trinajstić information content (AvgIpc) is 2.76. The summed E-state index contributed by atoms with van der Waals surface area (Å²) in [5.74, 6) is 1.35. The first kappa shape index (κ1) is 22.3. The van der Waals surface area contributed by atoms with Gasteiger partial charge in [-0.25, -0.2) is 4.79 Å². The summed E-state index contributed by atoms with van der Waals surface area (Å²) in [7, 11) is 3.21. The number of nitrogens with one attached hydrogen (secondary N) is 1. The number of phenolic OH excluding ortho intramolecular Hbond substituents is 1. The molecule has 0 atom stereocenters. The number of aromatic nitrogens is 2. The molecule has 0 amide bonds. The van der Waals surface area contributed by atoms with Crippen LogP contribution in [0.5, 0.6) is 17.2 Å². The monoisotopic (exact) mass is 426 g/mol. The first-order valence-electron chi connectivity index (χ1n) is 9.81. The molecule has 0 aliphatic rings. The van der Waals surface area contributed by atoms with Gasteiger partial charge < -0.3 is 29.0 Å². The minimum atomic E-state index is -0.485. The zero-order valence-corrected chi connectivity index (χ0v) is 17.8. The second-order valence-electron chi connectivity index (χ2n) is 6.83. The summed E-state index contributed by atoms with van der Waals surface area (Å²) in [5.41, 5.74) is 2.67. The molecule has 3 rings (SSSR count). The van der Waals surface area contributed by atoms with Crippen molar-refractivity contribution in [3.05, 3.63) is 58.5 Å². The van der Waals surface area contributed by atoms with Crippen LogP contribution in [-0.4, -0.2) is 55.7 Å². The van der Waals surface area contributed by atoms with Crippen LogP contribution in [0, 0.1) is 6.92 Å². The van der Waals surface area contributed by atoms with Crippen LogP contribution in [0.15, 0.2) is 47.3 Å². The highest BCUT2D eigenvalue weighted by atomic mass is 16.5. The van der Waals surface area contributed by atoms with Gasteiger partial charge in [0.2, 0.25) is 0 Å². The highest BCUT2D eigenvalue weighted by Gasteiger charge is 2.13. The molecule has 2 aromatic carbocycles. The Hall–Kier alpha value is -3.36. The SMILES string of the molecule is COCCOc1ccc(-c2cc(-c3ccc(O)c(C)c3)nc(=O)[nH]2)c(OCCOC)c1. The number of nitrogens with zero attached hydrogens (tertiary/aromatic N) is 1. The number of ether oxygens (including phenoxy) is 4. The zero-order chi connectivity index (χ0) is 22.2. The first-order chi connectivity index (χ1) is 15.0. The van der Waals surface area contributed by atoms with Crippen LogP contribution in [0.25, 0.3) is 22.5 Å². The molecule has 3 aromatic rings. The molecule has 0 unspecified atom stereocenters. The molecule has 31 heavy (non-hydrogen) atoms. The van der Waals surface area contributed by atoms with Crippen LogP contribution in [-0.2, 0) is 9.47 Å². The molecule has 0 aliphatic carbocycles. The Morgan fingerprint density at radius 2 is 1.68 bits per heavy atom. The van der Waals surface area contributed by atoms with E-state index in [1.165, 1.54) is 0 Å². The van der Waals surface area contributed by atoms with Gasteiger partial charge in [-0.05, 0) is 48.9 Å². The van der Waals surface area contributed by atoms with E-state index < -0.39 is 5.69 Å². The van der Waals surface area contributed by atoms with E-state index in [9.17, 15) is 9.90 Å².